The number of fused-ring (bicyclic) bond motifs is 5. The van der Waals surface area contributed by atoms with Crippen LogP contribution < -0.4 is 0 Å². The lowest BCUT2D eigenvalue weighted by Gasteiger charge is -2.48. The summed E-state index contributed by atoms with van der Waals surface area (Å²) in [5.74, 6) is 0. The van der Waals surface area contributed by atoms with Crippen molar-refractivity contribution in [3.63, 3.8) is 0 Å². The van der Waals surface area contributed by atoms with Crippen LogP contribution in [0.4, 0.5) is 0 Å². The summed E-state index contributed by atoms with van der Waals surface area (Å²) in [7, 11) is 8.55. The van der Waals surface area contributed by atoms with Gasteiger partial charge in [-0.3, -0.25) is 16.9 Å². The monoisotopic (exact) mass is 259 g/mol. The van der Waals surface area contributed by atoms with Gasteiger partial charge in [0, 0.05) is 26.2 Å². The Morgan fingerprint density at radius 3 is 2.58 bits per heavy atom. The molecule has 3 aliphatic heterocycles. The second kappa shape index (κ2) is 5.19. The van der Waals surface area contributed by atoms with Crippen molar-refractivity contribution in [1.29, 1.82) is 0 Å². The Morgan fingerprint density at radius 1 is 1.05 bits per heavy atom. The van der Waals surface area contributed by atoms with Gasteiger partial charge in [-0.1, -0.05) is 6.07 Å². The van der Waals surface area contributed by atoms with Gasteiger partial charge in [-0.2, -0.15) is 0 Å². The topological polar surface area (TPSA) is 19.4 Å². The highest BCUT2D eigenvalue weighted by Crippen LogP contribution is 2.17. The molecule has 1 aromatic heterocycles. The van der Waals surface area contributed by atoms with Crippen LogP contribution in [0.3, 0.4) is 0 Å². The fourth-order valence-electron chi connectivity index (χ4n) is 2.95. The summed E-state index contributed by atoms with van der Waals surface area (Å²) in [4.78, 5) is 9.42. The summed E-state index contributed by atoms with van der Waals surface area (Å²) in [6.07, 6.45) is 0. The number of nitrogens with zero attached hydrogens (tertiary/aromatic N) is 4. The molecule has 3 aliphatic rings. The highest BCUT2D eigenvalue weighted by Gasteiger charge is 2.25. The summed E-state index contributed by atoms with van der Waals surface area (Å²) in [6, 6.07) is 6.33. The summed E-state index contributed by atoms with van der Waals surface area (Å²) < 4.78 is 0.876. The molecule has 0 spiro atoms. The molecule has 19 heavy (non-hydrogen) atoms. The van der Waals surface area contributed by atoms with Crippen LogP contribution in [0.2, 0.25) is 0 Å². The quantitative estimate of drug-likeness (QED) is 0.514. The Kier molecular flexibility index (Phi) is 3.56. The standard InChI is InChI=1S/C15H23N4/c1-17-6-7-18-8-10-19(2,11-9-18)13-15-5-3-4-14(12-17)16-15/h3-5H,1-2,6-13H2/q-1. The molecule has 4 rings (SSSR count). The second-order valence-electron chi connectivity index (χ2n) is 5.96. The molecule has 0 atom stereocenters. The van der Waals surface area contributed by atoms with Gasteiger partial charge in [-0.15, -0.1) is 7.05 Å². The van der Waals surface area contributed by atoms with Crippen LogP contribution in [-0.4, -0.2) is 58.5 Å². The second-order valence-corrected chi connectivity index (χ2v) is 5.96. The first-order chi connectivity index (χ1) is 9.13. The summed E-state index contributed by atoms with van der Waals surface area (Å²) in [5, 5.41) is 0. The van der Waals surface area contributed by atoms with Crippen LogP contribution >= 0.6 is 0 Å². The van der Waals surface area contributed by atoms with Crippen molar-refractivity contribution < 1.29 is 4.48 Å². The average molecular weight is 259 g/mol. The average Bonchev–Trinajstić information content (AvgIpc) is 2.37. The summed E-state index contributed by atoms with van der Waals surface area (Å²) >= 11 is 0. The molecule has 0 unspecified atom stereocenters. The first-order valence-corrected chi connectivity index (χ1v) is 7.06. The number of pyridine rings is 1. The van der Waals surface area contributed by atoms with E-state index >= 15 is 0 Å². The summed E-state index contributed by atoms with van der Waals surface area (Å²) in [5.41, 5.74) is 2.28. The minimum Gasteiger partial charge on any atom is -0.453 e. The molecule has 0 saturated carbocycles. The van der Waals surface area contributed by atoms with Gasteiger partial charge in [0.15, 0.2) is 0 Å². The Labute approximate surface area is 116 Å². The molecular formula is C15H23N4-. The van der Waals surface area contributed by atoms with Gasteiger partial charge in [0.2, 0.25) is 0 Å². The molecule has 1 saturated heterocycles. The molecule has 4 heterocycles. The van der Waals surface area contributed by atoms with Crippen molar-refractivity contribution >= 4 is 0 Å². The van der Waals surface area contributed by atoms with Crippen LogP contribution in [0.15, 0.2) is 18.2 Å². The number of rotatable bonds is 0. The van der Waals surface area contributed by atoms with E-state index in [0.29, 0.717) is 0 Å². The van der Waals surface area contributed by atoms with Crippen molar-refractivity contribution in [1.82, 2.24) is 14.8 Å². The Bertz CT molecular complexity index is 435. The molecule has 0 amide bonds. The van der Waals surface area contributed by atoms with Gasteiger partial charge in [0.1, 0.15) is 0 Å². The van der Waals surface area contributed by atoms with Crippen LogP contribution in [0.5, 0.6) is 0 Å². The van der Waals surface area contributed by atoms with E-state index in [2.05, 4.69) is 42.1 Å². The van der Waals surface area contributed by atoms with Gasteiger partial charge in [-0.05, 0) is 18.7 Å². The van der Waals surface area contributed by atoms with Crippen LogP contribution in [0.1, 0.15) is 11.4 Å². The highest BCUT2D eigenvalue weighted by atomic mass is 15.4. The van der Waals surface area contributed by atoms with E-state index in [1.165, 1.54) is 0 Å². The largest absolute Gasteiger partial charge is 0.453 e. The lowest BCUT2D eigenvalue weighted by molar-refractivity contribution is -0.903. The number of piperazine rings is 1. The first kappa shape index (κ1) is 13.0. The maximum atomic E-state index is 4.77. The molecule has 0 aliphatic carbocycles. The lowest BCUT2D eigenvalue weighted by atomic mass is 10.2. The van der Waals surface area contributed by atoms with E-state index in [1.807, 2.05) is 0 Å². The number of hydrogen-bond donors (Lipinski definition) is 0. The number of hydrogen-bond acceptors (Lipinski definition) is 3. The van der Waals surface area contributed by atoms with E-state index in [9.17, 15) is 0 Å². The molecule has 4 bridgehead atoms. The van der Waals surface area contributed by atoms with Crippen molar-refractivity contribution in [3.8, 4) is 0 Å². The zero-order valence-corrected chi connectivity index (χ0v) is 11.6. The third-order valence-corrected chi connectivity index (χ3v) is 4.26. The zero-order chi connectivity index (χ0) is 13.3. The van der Waals surface area contributed by atoms with Gasteiger partial charge < -0.3 is 9.38 Å². The fraction of sp³-hybridized carbons (Fsp3) is 0.533. The molecular weight excluding hydrogens is 236 g/mol. The van der Waals surface area contributed by atoms with Crippen molar-refractivity contribution in [3.05, 3.63) is 43.7 Å². The van der Waals surface area contributed by atoms with Crippen LogP contribution in [-0.2, 0) is 13.1 Å². The number of quaternary nitrogens is 1. The van der Waals surface area contributed by atoms with Gasteiger partial charge in [0.25, 0.3) is 0 Å². The van der Waals surface area contributed by atoms with Crippen LogP contribution in [0, 0.1) is 14.1 Å². The predicted octanol–water partition coefficient (Wildman–Crippen LogP) is 1.11. The van der Waals surface area contributed by atoms with Gasteiger partial charge >= 0.3 is 0 Å². The minimum atomic E-state index is 0.832. The first-order valence-electron chi connectivity index (χ1n) is 7.06. The number of aromatic nitrogens is 1. The maximum absolute atomic E-state index is 4.77. The van der Waals surface area contributed by atoms with Crippen LogP contribution in [0.25, 0.3) is 0 Å². The Balaban J connectivity index is 1.87. The van der Waals surface area contributed by atoms with Gasteiger partial charge in [-0.25, -0.2) is 0 Å². The Hall–Kier alpha value is -0.970. The van der Waals surface area contributed by atoms with E-state index in [0.717, 1.165) is 68.2 Å². The van der Waals surface area contributed by atoms with E-state index < -0.39 is 0 Å². The third kappa shape index (κ3) is 3.14. The van der Waals surface area contributed by atoms with Crippen molar-refractivity contribution in [2.24, 2.45) is 0 Å². The molecule has 0 radical (unpaired) electrons. The molecule has 0 N–H and O–H groups in total. The van der Waals surface area contributed by atoms with Crippen molar-refractivity contribution in [2.45, 2.75) is 13.1 Å². The van der Waals surface area contributed by atoms with E-state index in [1.54, 1.807) is 0 Å². The molecule has 1 aromatic rings. The molecule has 4 heteroatoms. The normalized spacial score (nSPS) is 32.6. The molecule has 0 aromatic carbocycles. The van der Waals surface area contributed by atoms with E-state index in [4.69, 9.17) is 4.98 Å². The maximum Gasteiger partial charge on any atom is 0.0976 e. The smallest absolute Gasteiger partial charge is 0.0976 e. The van der Waals surface area contributed by atoms with Crippen molar-refractivity contribution in [2.75, 3.05) is 39.3 Å². The SMILES string of the molecule is [CH2-]N1CCN2CC[N+]([CH2-])(CC2)Cc2cccc(n2)C1. The molecule has 1 fully saturated rings. The fourth-order valence-corrected chi connectivity index (χ4v) is 2.95. The van der Waals surface area contributed by atoms with Gasteiger partial charge in [0.05, 0.1) is 31.0 Å². The molecule has 104 valence electrons. The third-order valence-electron chi connectivity index (χ3n) is 4.26. The molecule has 4 nitrogen and oxygen atoms in total. The van der Waals surface area contributed by atoms with E-state index in [-0.39, 0.29) is 0 Å². The Morgan fingerprint density at radius 2 is 1.79 bits per heavy atom. The predicted molar refractivity (Wildman–Crippen MR) is 75.5 cm³/mol. The highest BCUT2D eigenvalue weighted by molar-refractivity contribution is 5.11. The zero-order valence-electron chi connectivity index (χ0n) is 11.6. The summed E-state index contributed by atoms with van der Waals surface area (Å²) in [6.45, 7) is 8.38. The lowest BCUT2D eigenvalue weighted by Crippen LogP contribution is -2.56. The minimum absolute atomic E-state index is 0.832.